The van der Waals surface area contributed by atoms with Gasteiger partial charge in [0.25, 0.3) is 0 Å². The highest BCUT2D eigenvalue weighted by Crippen LogP contribution is 2.47. The Morgan fingerprint density at radius 3 is 2.83 bits per heavy atom. The van der Waals surface area contributed by atoms with E-state index < -0.39 is 0 Å². The van der Waals surface area contributed by atoms with E-state index in [0.29, 0.717) is 17.4 Å². The van der Waals surface area contributed by atoms with Crippen LogP contribution in [0.4, 0.5) is 0 Å². The van der Waals surface area contributed by atoms with E-state index in [0.717, 1.165) is 19.6 Å². The maximum absolute atomic E-state index is 4.50. The molecular formula is C14H24N4. The van der Waals surface area contributed by atoms with Gasteiger partial charge in [-0.05, 0) is 31.8 Å². The molecule has 2 saturated heterocycles. The quantitative estimate of drug-likeness (QED) is 0.853. The maximum atomic E-state index is 4.50. The molecule has 2 aliphatic heterocycles. The lowest BCUT2D eigenvalue weighted by atomic mass is 9.65. The van der Waals surface area contributed by atoms with Gasteiger partial charge in [-0.3, -0.25) is 4.68 Å². The Kier molecular flexibility index (Phi) is 3.16. The molecule has 0 aliphatic carbocycles. The monoisotopic (exact) mass is 248 g/mol. The summed E-state index contributed by atoms with van der Waals surface area (Å²) in [6.07, 6.45) is 6.88. The highest BCUT2D eigenvalue weighted by atomic mass is 15.3. The van der Waals surface area contributed by atoms with Crippen molar-refractivity contribution in [3.05, 3.63) is 18.0 Å². The third kappa shape index (κ3) is 2.08. The summed E-state index contributed by atoms with van der Waals surface area (Å²) in [6, 6.07) is 0.528. The van der Waals surface area contributed by atoms with Crippen molar-refractivity contribution in [3.63, 3.8) is 0 Å². The molecule has 0 saturated carbocycles. The SMILES string of the molecule is CC(C)Cn1cc([C@H]2NCC23CCNCC3)cn1. The van der Waals surface area contributed by atoms with E-state index in [1.54, 1.807) is 0 Å². The number of aromatic nitrogens is 2. The Labute approximate surface area is 109 Å². The molecule has 3 heterocycles. The summed E-state index contributed by atoms with van der Waals surface area (Å²) < 4.78 is 2.09. The fourth-order valence-corrected chi connectivity index (χ4v) is 3.36. The van der Waals surface area contributed by atoms with Crippen molar-refractivity contribution in [1.29, 1.82) is 0 Å². The first-order chi connectivity index (χ1) is 8.70. The fourth-order valence-electron chi connectivity index (χ4n) is 3.36. The van der Waals surface area contributed by atoms with Crippen molar-refractivity contribution in [2.24, 2.45) is 11.3 Å². The molecule has 0 radical (unpaired) electrons. The summed E-state index contributed by atoms with van der Waals surface area (Å²) in [5.41, 5.74) is 1.88. The molecule has 0 unspecified atom stereocenters. The van der Waals surface area contributed by atoms with Gasteiger partial charge < -0.3 is 10.6 Å². The van der Waals surface area contributed by atoms with Crippen LogP contribution in [0.15, 0.2) is 12.4 Å². The van der Waals surface area contributed by atoms with Crippen molar-refractivity contribution in [2.75, 3.05) is 19.6 Å². The Hall–Kier alpha value is -0.870. The van der Waals surface area contributed by atoms with Gasteiger partial charge in [-0.2, -0.15) is 5.10 Å². The summed E-state index contributed by atoms with van der Waals surface area (Å²) in [4.78, 5) is 0. The smallest absolute Gasteiger partial charge is 0.0537 e. The van der Waals surface area contributed by atoms with Crippen LogP contribution in [-0.2, 0) is 6.54 Å². The minimum absolute atomic E-state index is 0.497. The standard InChI is InChI=1S/C14H24N4/c1-11(2)8-18-9-12(7-17-18)13-14(10-16-13)3-5-15-6-4-14/h7,9,11,13,15-16H,3-6,8,10H2,1-2H3/t13-/m1/s1. The summed E-state index contributed by atoms with van der Waals surface area (Å²) in [5.74, 6) is 0.653. The number of nitrogens with zero attached hydrogens (tertiary/aromatic N) is 2. The molecule has 1 aromatic heterocycles. The zero-order valence-corrected chi connectivity index (χ0v) is 11.4. The van der Waals surface area contributed by atoms with Crippen molar-refractivity contribution in [1.82, 2.24) is 20.4 Å². The summed E-state index contributed by atoms with van der Waals surface area (Å²) >= 11 is 0. The van der Waals surface area contributed by atoms with Crippen LogP contribution in [0.3, 0.4) is 0 Å². The Morgan fingerprint density at radius 1 is 1.44 bits per heavy atom. The average molecular weight is 248 g/mol. The average Bonchev–Trinajstić information content (AvgIpc) is 2.76. The lowest BCUT2D eigenvalue weighted by Gasteiger charge is -2.52. The predicted molar refractivity (Wildman–Crippen MR) is 72.3 cm³/mol. The van der Waals surface area contributed by atoms with Crippen molar-refractivity contribution >= 4 is 0 Å². The first-order valence-electron chi connectivity index (χ1n) is 7.16. The molecule has 1 atom stereocenters. The molecule has 0 amide bonds. The van der Waals surface area contributed by atoms with Gasteiger partial charge in [0, 0.05) is 36.3 Å². The van der Waals surface area contributed by atoms with E-state index in [1.807, 2.05) is 0 Å². The van der Waals surface area contributed by atoms with E-state index in [9.17, 15) is 0 Å². The zero-order valence-electron chi connectivity index (χ0n) is 11.4. The van der Waals surface area contributed by atoms with Gasteiger partial charge in [0.15, 0.2) is 0 Å². The molecule has 2 N–H and O–H groups in total. The largest absolute Gasteiger partial charge is 0.317 e. The van der Waals surface area contributed by atoms with Crippen molar-refractivity contribution in [2.45, 2.75) is 39.3 Å². The Balaban J connectivity index is 1.72. The molecule has 1 aromatic rings. The molecule has 2 aliphatic rings. The second-order valence-corrected chi connectivity index (χ2v) is 6.32. The molecule has 1 spiro atoms. The van der Waals surface area contributed by atoms with E-state index in [-0.39, 0.29) is 0 Å². The van der Waals surface area contributed by atoms with E-state index >= 15 is 0 Å². The normalized spacial score (nSPS) is 26.5. The lowest BCUT2D eigenvalue weighted by molar-refractivity contribution is 0.0435. The highest BCUT2D eigenvalue weighted by molar-refractivity contribution is 5.21. The second kappa shape index (κ2) is 4.67. The number of rotatable bonds is 3. The molecule has 100 valence electrons. The Morgan fingerprint density at radius 2 is 2.22 bits per heavy atom. The molecular weight excluding hydrogens is 224 g/mol. The van der Waals surface area contributed by atoms with Crippen LogP contribution in [0.2, 0.25) is 0 Å². The summed E-state index contributed by atoms with van der Waals surface area (Å²) in [7, 11) is 0. The van der Waals surface area contributed by atoms with Gasteiger partial charge in [0.1, 0.15) is 0 Å². The van der Waals surface area contributed by atoms with Gasteiger partial charge in [-0.1, -0.05) is 13.8 Å². The molecule has 0 bridgehead atoms. The minimum Gasteiger partial charge on any atom is -0.317 e. The minimum atomic E-state index is 0.497. The first-order valence-corrected chi connectivity index (χ1v) is 7.16. The van der Waals surface area contributed by atoms with Gasteiger partial charge in [-0.15, -0.1) is 0 Å². The van der Waals surface area contributed by atoms with Crippen molar-refractivity contribution in [3.8, 4) is 0 Å². The molecule has 4 heteroatoms. The Bertz CT molecular complexity index is 404. The molecule has 18 heavy (non-hydrogen) atoms. The van der Waals surface area contributed by atoms with Crippen LogP contribution in [0.25, 0.3) is 0 Å². The van der Waals surface area contributed by atoms with Crippen LogP contribution in [-0.4, -0.2) is 29.4 Å². The number of nitrogens with one attached hydrogen (secondary N) is 2. The van der Waals surface area contributed by atoms with Gasteiger partial charge in [-0.25, -0.2) is 0 Å². The molecule has 0 aromatic carbocycles. The maximum Gasteiger partial charge on any atom is 0.0537 e. The van der Waals surface area contributed by atoms with Crippen LogP contribution in [0.1, 0.15) is 38.3 Å². The highest BCUT2D eigenvalue weighted by Gasteiger charge is 2.47. The van der Waals surface area contributed by atoms with Crippen molar-refractivity contribution < 1.29 is 0 Å². The third-order valence-electron chi connectivity index (χ3n) is 4.41. The second-order valence-electron chi connectivity index (χ2n) is 6.32. The predicted octanol–water partition coefficient (Wildman–Crippen LogP) is 1.55. The van der Waals surface area contributed by atoms with Crippen LogP contribution in [0, 0.1) is 11.3 Å². The number of piperidine rings is 1. The topological polar surface area (TPSA) is 41.9 Å². The van der Waals surface area contributed by atoms with Gasteiger partial charge in [0.05, 0.1) is 6.20 Å². The van der Waals surface area contributed by atoms with Crippen LogP contribution < -0.4 is 10.6 Å². The van der Waals surface area contributed by atoms with E-state index in [4.69, 9.17) is 0 Å². The molecule has 4 nitrogen and oxygen atoms in total. The number of hydrogen-bond acceptors (Lipinski definition) is 3. The molecule has 2 fully saturated rings. The van der Waals surface area contributed by atoms with Crippen LogP contribution >= 0.6 is 0 Å². The van der Waals surface area contributed by atoms with E-state index in [1.165, 1.54) is 24.9 Å². The van der Waals surface area contributed by atoms with Gasteiger partial charge >= 0.3 is 0 Å². The fraction of sp³-hybridized carbons (Fsp3) is 0.786. The van der Waals surface area contributed by atoms with Gasteiger partial charge in [0.2, 0.25) is 0 Å². The summed E-state index contributed by atoms with van der Waals surface area (Å²) in [5, 5.41) is 11.6. The van der Waals surface area contributed by atoms with E-state index in [2.05, 4.69) is 46.7 Å². The zero-order chi connectivity index (χ0) is 12.6. The number of hydrogen-bond donors (Lipinski definition) is 2. The van der Waals surface area contributed by atoms with Crippen LogP contribution in [0.5, 0.6) is 0 Å². The lowest BCUT2D eigenvalue weighted by Crippen LogP contribution is -2.59. The summed E-state index contributed by atoms with van der Waals surface area (Å²) in [6.45, 7) is 8.99. The third-order valence-corrected chi connectivity index (χ3v) is 4.41. The molecule has 3 rings (SSSR count). The first kappa shape index (κ1) is 12.2.